The van der Waals surface area contributed by atoms with Crippen LogP contribution in [-0.4, -0.2) is 44.5 Å². The summed E-state index contributed by atoms with van der Waals surface area (Å²) in [4.78, 5) is 10.9. The van der Waals surface area contributed by atoms with Crippen molar-refractivity contribution in [1.29, 1.82) is 0 Å². The smallest absolute Gasteiger partial charge is 0.307 e. The van der Waals surface area contributed by atoms with Gasteiger partial charge in [-0.3, -0.25) is 4.79 Å². The van der Waals surface area contributed by atoms with E-state index in [0.29, 0.717) is 19.4 Å². The van der Waals surface area contributed by atoms with Gasteiger partial charge >= 0.3 is 5.97 Å². The predicted molar refractivity (Wildman–Crippen MR) is 66.8 cm³/mol. The van der Waals surface area contributed by atoms with Gasteiger partial charge in [0.05, 0.1) is 17.8 Å². The summed E-state index contributed by atoms with van der Waals surface area (Å²) in [6.07, 6.45) is 2.56. The first-order valence-electron chi connectivity index (χ1n) is 6.26. The van der Waals surface area contributed by atoms with Gasteiger partial charge in [-0.25, -0.2) is 13.1 Å². The van der Waals surface area contributed by atoms with Crippen molar-refractivity contribution in [3.63, 3.8) is 0 Å². The van der Waals surface area contributed by atoms with E-state index in [4.69, 9.17) is 9.84 Å². The van der Waals surface area contributed by atoms with Crippen molar-refractivity contribution in [3.8, 4) is 0 Å². The normalized spacial score (nSPS) is 21.9. The molecule has 1 heterocycles. The average molecular weight is 279 g/mol. The van der Waals surface area contributed by atoms with E-state index < -0.39 is 21.9 Å². The molecule has 2 atom stereocenters. The predicted octanol–water partition coefficient (Wildman–Crippen LogP) is 0.586. The lowest BCUT2D eigenvalue weighted by Gasteiger charge is -2.14. The van der Waals surface area contributed by atoms with E-state index in [1.807, 2.05) is 6.92 Å². The van der Waals surface area contributed by atoms with Crippen LogP contribution in [0.1, 0.15) is 32.6 Å². The van der Waals surface area contributed by atoms with Gasteiger partial charge in [0, 0.05) is 13.2 Å². The summed E-state index contributed by atoms with van der Waals surface area (Å²) in [5.74, 6) is -1.70. The number of carbonyl (C=O) groups is 1. The minimum Gasteiger partial charge on any atom is -0.481 e. The van der Waals surface area contributed by atoms with Gasteiger partial charge in [0.2, 0.25) is 10.0 Å². The summed E-state index contributed by atoms with van der Waals surface area (Å²) in [5.41, 5.74) is 0. The molecule has 7 heteroatoms. The third-order valence-corrected chi connectivity index (χ3v) is 4.38. The average Bonchev–Trinajstić information content (AvgIpc) is 2.75. The van der Waals surface area contributed by atoms with Crippen molar-refractivity contribution >= 4 is 16.0 Å². The minimum atomic E-state index is -3.45. The number of carboxylic acid groups (broad SMARTS) is 1. The molecular formula is C11H21NO5S. The maximum absolute atomic E-state index is 11.7. The summed E-state index contributed by atoms with van der Waals surface area (Å²) < 4.78 is 31.1. The molecule has 1 aliphatic rings. The van der Waals surface area contributed by atoms with Crippen molar-refractivity contribution < 1.29 is 23.1 Å². The van der Waals surface area contributed by atoms with Gasteiger partial charge in [0.1, 0.15) is 0 Å². The highest BCUT2D eigenvalue weighted by molar-refractivity contribution is 7.89. The van der Waals surface area contributed by atoms with Gasteiger partial charge in [-0.2, -0.15) is 0 Å². The number of aliphatic carboxylic acids is 1. The number of nitrogens with one attached hydrogen (secondary N) is 1. The van der Waals surface area contributed by atoms with Crippen LogP contribution < -0.4 is 4.72 Å². The first kappa shape index (κ1) is 15.4. The zero-order valence-corrected chi connectivity index (χ0v) is 11.4. The molecule has 0 amide bonds. The number of sulfonamides is 1. The fourth-order valence-corrected chi connectivity index (χ4v) is 3.29. The maximum Gasteiger partial charge on any atom is 0.307 e. The Bertz CT molecular complexity index is 362. The zero-order valence-electron chi connectivity index (χ0n) is 10.6. The second-order valence-electron chi connectivity index (χ2n) is 4.59. The minimum absolute atomic E-state index is 0.0434. The monoisotopic (exact) mass is 279 g/mol. The third-order valence-electron chi connectivity index (χ3n) is 2.97. The number of ether oxygens (including phenoxy) is 1. The van der Waals surface area contributed by atoms with E-state index in [1.54, 1.807) is 0 Å². The van der Waals surface area contributed by atoms with Crippen molar-refractivity contribution in [2.24, 2.45) is 5.92 Å². The van der Waals surface area contributed by atoms with Crippen LogP contribution in [0, 0.1) is 5.92 Å². The molecule has 1 fully saturated rings. The molecule has 0 bridgehead atoms. The van der Waals surface area contributed by atoms with E-state index in [2.05, 4.69) is 4.72 Å². The molecule has 106 valence electrons. The molecule has 1 rings (SSSR count). The van der Waals surface area contributed by atoms with Crippen LogP contribution in [-0.2, 0) is 19.6 Å². The van der Waals surface area contributed by atoms with E-state index in [-0.39, 0.29) is 18.4 Å². The molecule has 0 aromatic carbocycles. The van der Waals surface area contributed by atoms with Crippen LogP contribution in [0.3, 0.4) is 0 Å². The first-order chi connectivity index (χ1) is 8.44. The topological polar surface area (TPSA) is 92.7 Å². The quantitative estimate of drug-likeness (QED) is 0.678. The lowest BCUT2D eigenvalue weighted by Crippen LogP contribution is -2.37. The molecule has 0 spiro atoms. The van der Waals surface area contributed by atoms with Crippen LogP contribution in [0.25, 0.3) is 0 Å². The first-order valence-corrected chi connectivity index (χ1v) is 7.91. The number of rotatable bonds is 8. The van der Waals surface area contributed by atoms with Gasteiger partial charge < -0.3 is 9.84 Å². The van der Waals surface area contributed by atoms with Gasteiger partial charge in [0.25, 0.3) is 0 Å². The Morgan fingerprint density at radius 3 is 2.78 bits per heavy atom. The molecule has 0 aromatic heterocycles. The number of hydrogen-bond acceptors (Lipinski definition) is 4. The highest BCUT2D eigenvalue weighted by atomic mass is 32.2. The highest BCUT2D eigenvalue weighted by Crippen LogP contribution is 2.14. The van der Waals surface area contributed by atoms with E-state index in [0.717, 1.165) is 12.8 Å². The van der Waals surface area contributed by atoms with Gasteiger partial charge in [-0.05, 0) is 19.3 Å². The van der Waals surface area contributed by atoms with Crippen LogP contribution in [0.5, 0.6) is 0 Å². The Hall–Kier alpha value is -0.660. The van der Waals surface area contributed by atoms with Crippen LogP contribution >= 0.6 is 0 Å². The standard InChI is InChI=1S/C11H21NO5S/c1-2-4-9(11(13)14)7-12-18(15,16)8-10-5-3-6-17-10/h9-10,12H,2-8H2,1H3,(H,13,14). The molecule has 0 aromatic rings. The van der Waals surface area contributed by atoms with Crippen molar-refractivity contribution in [1.82, 2.24) is 4.72 Å². The number of hydrogen-bond donors (Lipinski definition) is 2. The van der Waals surface area contributed by atoms with Crippen molar-refractivity contribution in [2.45, 2.75) is 38.7 Å². The SMILES string of the molecule is CCCC(CNS(=O)(=O)CC1CCCO1)C(=O)O. The largest absolute Gasteiger partial charge is 0.481 e. The van der Waals surface area contributed by atoms with Gasteiger partial charge in [0.15, 0.2) is 0 Å². The lowest BCUT2D eigenvalue weighted by atomic mass is 10.1. The van der Waals surface area contributed by atoms with E-state index in [1.165, 1.54) is 0 Å². The van der Waals surface area contributed by atoms with Crippen LogP contribution in [0.4, 0.5) is 0 Å². The summed E-state index contributed by atoms with van der Waals surface area (Å²) in [6, 6.07) is 0. The summed E-state index contributed by atoms with van der Waals surface area (Å²) in [7, 11) is -3.45. The van der Waals surface area contributed by atoms with Crippen LogP contribution in [0.2, 0.25) is 0 Å². The molecule has 6 nitrogen and oxygen atoms in total. The molecule has 0 saturated carbocycles. The van der Waals surface area contributed by atoms with Crippen molar-refractivity contribution in [3.05, 3.63) is 0 Å². The summed E-state index contributed by atoms with van der Waals surface area (Å²) in [6.45, 7) is 2.43. The molecule has 0 radical (unpaired) electrons. The van der Waals surface area contributed by atoms with Gasteiger partial charge in [-0.1, -0.05) is 13.3 Å². The molecule has 2 N–H and O–H groups in total. The number of carboxylic acids is 1. The van der Waals surface area contributed by atoms with Crippen molar-refractivity contribution in [2.75, 3.05) is 18.9 Å². The fraction of sp³-hybridized carbons (Fsp3) is 0.909. The Morgan fingerprint density at radius 2 is 2.28 bits per heavy atom. The van der Waals surface area contributed by atoms with E-state index in [9.17, 15) is 13.2 Å². The zero-order chi connectivity index (χ0) is 13.6. The molecule has 2 unspecified atom stereocenters. The molecule has 0 aliphatic carbocycles. The fourth-order valence-electron chi connectivity index (χ4n) is 1.97. The molecule has 18 heavy (non-hydrogen) atoms. The molecular weight excluding hydrogens is 258 g/mol. The van der Waals surface area contributed by atoms with Gasteiger partial charge in [-0.15, -0.1) is 0 Å². The Labute approximate surface area is 108 Å². The Morgan fingerprint density at radius 1 is 1.56 bits per heavy atom. The Balaban J connectivity index is 2.41. The van der Waals surface area contributed by atoms with E-state index >= 15 is 0 Å². The summed E-state index contributed by atoms with van der Waals surface area (Å²) >= 11 is 0. The third kappa shape index (κ3) is 5.32. The molecule has 1 saturated heterocycles. The second kappa shape index (κ2) is 7.06. The second-order valence-corrected chi connectivity index (χ2v) is 6.44. The van der Waals surface area contributed by atoms with Crippen LogP contribution in [0.15, 0.2) is 0 Å². The molecule has 1 aliphatic heterocycles. The summed E-state index contributed by atoms with van der Waals surface area (Å²) in [5, 5.41) is 8.93. The highest BCUT2D eigenvalue weighted by Gasteiger charge is 2.25. The maximum atomic E-state index is 11.7. The Kier molecular flexibility index (Phi) is 6.04. The lowest BCUT2D eigenvalue weighted by molar-refractivity contribution is -0.141.